The number of aryl methyl sites for hydroxylation is 1. The van der Waals surface area contributed by atoms with Crippen LogP contribution in [-0.4, -0.2) is 11.5 Å². The summed E-state index contributed by atoms with van der Waals surface area (Å²) in [6, 6.07) is 4.89. The third-order valence-corrected chi connectivity index (χ3v) is 2.80. The lowest BCUT2D eigenvalue weighted by molar-refractivity contribution is 0.495. The van der Waals surface area contributed by atoms with Crippen LogP contribution in [0.15, 0.2) is 18.3 Å². The minimum absolute atomic E-state index is 0.557. The van der Waals surface area contributed by atoms with Crippen molar-refractivity contribution in [2.45, 2.75) is 32.7 Å². The van der Waals surface area contributed by atoms with Gasteiger partial charge in [-0.2, -0.15) is 0 Å². The van der Waals surface area contributed by atoms with Gasteiger partial charge in [-0.15, -0.1) is 0 Å². The normalized spacial score (nSPS) is 18.1. The number of nitrogens with one attached hydrogen (secondary N) is 1. The zero-order chi connectivity index (χ0) is 9.97. The first-order valence-corrected chi connectivity index (χ1v) is 5.47. The summed E-state index contributed by atoms with van der Waals surface area (Å²) in [5, 5.41) is 3.56. The van der Waals surface area contributed by atoms with Crippen molar-refractivity contribution in [3.63, 3.8) is 0 Å². The molecule has 1 unspecified atom stereocenters. The topological polar surface area (TPSA) is 24.9 Å². The van der Waals surface area contributed by atoms with Crippen LogP contribution in [0.25, 0.3) is 0 Å². The third kappa shape index (κ3) is 2.13. The summed E-state index contributed by atoms with van der Waals surface area (Å²) in [4.78, 5) is 4.23. The van der Waals surface area contributed by atoms with E-state index in [1.807, 2.05) is 6.20 Å². The Balaban J connectivity index is 2.16. The quantitative estimate of drug-likeness (QED) is 0.789. The van der Waals surface area contributed by atoms with Gasteiger partial charge in [-0.05, 0) is 49.9 Å². The summed E-state index contributed by atoms with van der Waals surface area (Å²) < 4.78 is 0. The van der Waals surface area contributed by atoms with Gasteiger partial charge in [0.05, 0.1) is 0 Å². The van der Waals surface area contributed by atoms with E-state index in [1.165, 1.54) is 18.4 Å². The van der Waals surface area contributed by atoms with E-state index >= 15 is 0 Å². The Kier molecular flexibility index (Phi) is 2.82. The Morgan fingerprint density at radius 1 is 1.57 bits per heavy atom. The first-order valence-electron chi connectivity index (χ1n) is 5.47. The van der Waals surface area contributed by atoms with E-state index in [9.17, 15) is 0 Å². The summed E-state index contributed by atoms with van der Waals surface area (Å²) in [6.07, 6.45) is 4.66. The number of hydrogen-bond donors (Lipinski definition) is 1. The Labute approximate surface area is 85.7 Å². The van der Waals surface area contributed by atoms with E-state index < -0.39 is 0 Å². The second kappa shape index (κ2) is 4.09. The molecule has 0 radical (unpaired) electrons. The molecule has 1 heterocycles. The maximum Gasteiger partial charge on any atom is 0.0375 e. The standard InChI is InChI=1S/C12H18N2/c1-3-13-12(10-4-5-10)11-6-7-14-9(2)8-11/h6-8,10,12-13H,3-5H2,1-2H3. The van der Waals surface area contributed by atoms with Gasteiger partial charge in [0.2, 0.25) is 0 Å². The van der Waals surface area contributed by atoms with Gasteiger partial charge in [0.1, 0.15) is 0 Å². The molecule has 1 atom stereocenters. The second-order valence-electron chi connectivity index (χ2n) is 4.10. The maximum atomic E-state index is 4.23. The van der Waals surface area contributed by atoms with Crippen molar-refractivity contribution < 1.29 is 0 Å². The molecule has 1 saturated carbocycles. The third-order valence-electron chi connectivity index (χ3n) is 2.80. The van der Waals surface area contributed by atoms with Crippen molar-refractivity contribution >= 4 is 0 Å². The fraction of sp³-hybridized carbons (Fsp3) is 0.583. The van der Waals surface area contributed by atoms with Crippen LogP contribution in [0.1, 0.15) is 37.1 Å². The fourth-order valence-corrected chi connectivity index (χ4v) is 1.97. The first-order chi connectivity index (χ1) is 6.81. The van der Waals surface area contributed by atoms with E-state index in [1.54, 1.807) is 0 Å². The molecule has 2 heteroatoms. The van der Waals surface area contributed by atoms with E-state index in [0.29, 0.717) is 6.04 Å². The van der Waals surface area contributed by atoms with Crippen LogP contribution in [0.2, 0.25) is 0 Å². The molecule has 0 spiro atoms. The molecule has 76 valence electrons. The average Bonchev–Trinajstić information content (AvgIpc) is 2.97. The molecule has 1 aliphatic carbocycles. The Bertz CT molecular complexity index is 305. The summed E-state index contributed by atoms with van der Waals surface area (Å²) in [5.41, 5.74) is 2.52. The minimum atomic E-state index is 0.557. The van der Waals surface area contributed by atoms with E-state index in [0.717, 1.165) is 18.2 Å². The lowest BCUT2D eigenvalue weighted by Crippen LogP contribution is -2.22. The number of aromatic nitrogens is 1. The van der Waals surface area contributed by atoms with Crippen molar-refractivity contribution in [1.29, 1.82) is 0 Å². The van der Waals surface area contributed by atoms with Crippen molar-refractivity contribution in [2.24, 2.45) is 5.92 Å². The smallest absolute Gasteiger partial charge is 0.0375 e. The van der Waals surface area contributed by atoms with Gasteiger partial charge in [0.15, 0.2) is 0 Å². The molecule has 1 aliphatic rings. The summed E-state index contributed by atoms with van der Waals surface area (Å²) >= 11 is 0. The second-order valence-corrected chi connectivity index (χ2v) is 4.10. The highest BCUT2D eigenvalue weighted by Gasteiger charge is 2.31. The van der Waals surface area contributed by atoms with Gasteiger partial charge in [0.25, 0.3) is 0 Å². The monoisotopic (exact) mass is 190 g/mol. The lowest BCUT2D eigenvalue weighted by atomic mass is 10.0. The molecule has 1 fully saturated rings. The Morgan fingerprint density at radius 2 is 2.36 bits per heavy atom. The van der Waals surface area contributed by atoms with E-state index in [-0.39, 0.29) is 0 Å². The average molecular weight is 190 g/mol. The van der Waals surface area contributed by atoms with Gasteiger partial charge in [-0.25, -0.2) is 0 Å². The minimum Gasteiger partial charge on any atom is -0.310 e. The van der Waals surface area contributed by atoms with Crippen LogP contribution in [0.4, 0.5) is 0 Å². The number of rotatable bonds is 4. The van der Waals surface area contributed by atoms with Crippen LogP contribution >= 0.6 is 0 Å². The Hall–Kier alpha value is -0.890. The zero-order valence-corrected chi connectivity index (χ0v) is 8.96. The number of nitrogens with zero attached hydrogens (tertiary/aromatic N) is 1. The van der Waals surface area contributed by atoms with Crippen LogP contribution in [0.5, 0.6) is 0 Å². The van der Waals surface area contributed by atoms with E-state index in [4.69, 9.17) is 0 Å². The summed E-state index contributed by atoms with van der Waals surface area (Å²) in [7, 11) is 0. The van der Waals surface area contributed by atoms with Crippen molar-refractivity contribution in [3.8, 4) is 0 Å². The predicted molar refractivity (Wildman–Crippen MR) is 58.1 cm³/mol. The largest absolute Gasteiger partial charge is 0.310 e. The molecule has 0 bridgehead atoms. The lowest BCUT2D eigenvalue weighted by Gasteiger charge is -2.17. The van der Waals surface area contributed by atoms with Crippen molar-refractivity contribution in [1.82, 2.24) is 10.3 Å². The number of hydrogen-bond acceptors (Lipinski definition) is 2. The summed E-state index contributed by atoms with van der Waals surface area (Å²) in [6.45, 7) is 5.27. The Morgan fingerprint density at radius 3 is 2.93 bits per heavy atom. The summed E-state index contributed by atoms with van der Waals surface area (Å²) in [5.74, 6) is 0.858. The zero-order valence-electron chi connectivity index (χ0n) is 8.96. The van der Waals surface area contributed by atoms with Gasteiger partial charge >= 0.3 is 0 Å². The van der Waals surface area contributed by atoms with Crippen molar-refractivity contribution in [2.75, 3.05) is 6.54 Å². The highest BCUT2D eigenvalue weighted by atomic mass is 14.9. The molecule has 0 saturated heterocycles. The predicted octanol–water partition coefficient (Wildman–Crippen LogP) is 2.45. The molecule has 14 heavy (non-hydrogen) atoms. The molecule has 1 aromatic rings. The molecule has 0 amide bonds. The van der Waals surface area contributed by atoms with Gasteiger partial charge in [0, 0.05) is 17.9 Å². The maximum absolute atomic E-state index is 4.23. The van der Waals surface area contributed by atoms with Gasteiger partial charge in [-0.3, -0.25) is 4.98 Å². The van der Waals surface area contributed by atoms with Crippen molar-refractivity contribution in [3.05, 3.63) is 29.6 Å². The molecule has 2 nitrogen and oxygen atoms in total. The number of pyridine rings is 1. The van der Waals surface area contributed by atoms with Crippen LogP contribution < -0.4 is 5.32 Å². The SMILES string of the molecule is CCNC(c1ccnc(C)c1)C1CC1. The molecule has 0 aliphatic heterocycles. The van der Waals surface area contributed by atoms with Crippen LogP contribution in [0.3, 0.4) is 0 Å². The highest BCUT2D eigenvalue weighted by molar-refractivity contribution is 5.21. The molecule has 2 rings (SSSR count). The molecule has 0 aromatic carbocycles. The molecular weight excluding hydrogens is 172 g/mol. The molecule has 1 aromatic heterocycles. The van der Waals surface area contributed by atoms with E-state index in [2.05, 4.69) is 36.3 Å². The van der Waals surface area contributed by atoms with Crippen LogP contribution in [0, 0.1) is 12.8 Å². The molecular formula is C12H18N2. The highest BCUT2D eigenvalue weighted by Crippen LogP contribution is 2.40. The van der Waals surface area contributed by atoms with Gasteiger partial charge < -0.3 is 5.32 Å². The first kappa shape index (κ1) is 9.66. The van der Waals surface area contributed by atoms with Crippen LogP contribution in [-0.2, 0) is 0 Å². The van der Waals surface area contributed by atoms with Gasteiger partial charge in [-0.1, -0.05) is 6.92 Å². The molecule has 1 N–H and O–H groups in total. The fourth-order valence-electron chi connectivity index (χ4n) is 1.97.